The first kappa shape index (κ1) is 79.6. The number of carbonyl (C=O) groups is 8. The fraction of sp³-hybridized carbons (Fsp3) is 0.771. The van der Waals surface area contributed by atoms with Crippen LogP contribution in [0.3, 0.4) is 0 Å². The summed E-state index contributed by atoms with van der Waals surface area (Å²) in [7, 11) is 0. The monoisotopic (exact) mass is 1000 g/mol. The summed E-state index contributed by atoms with van der Waals surface area (Å²) < 4.78 is 24.0. The fourth-order valence-electron chi connectivity index (χ4n) is 6.56. The average Bonchev–Trinajstić information content (AvgIpc) is 3.56. The van der Waals surface area contributed by atoms with Gasteiger partial charge >= 0.3 is 106 Å². The van der Waals surface area contributed by atoms with Crippen molar-refractivity contribution in [1.82, 2.24) is 5.32 Å². The molecule has 1 heterocycles. The number of carbonyl (C=O) groups excluding carboxylic acids is 7. The SMILES string of the molecule is C.C.CC(C)C[C@@H]1CNC(=O)C1C(=O)O.CCOC(=O)C(C(=O)OCC)C(C#N)CC(C)C.CCOC(=O)C(C(=O)OCC)[C@H](C#N)CC(C)C.CCOC(=O)C(C(=O)[O-])[C@@H](C#N)CC(C)C.[H-].[K+].[Li+]. The van der Waals surface area contributed by atoms with Crippen LogP contribution in [0.15, 0.2) is 0 Å². The summed E-state index contributed by atoms with van der Waals surface area (Å²) in [6.07, 6.45) is 2.03. The van der Waals surface area contributed by atoms with E-state index in [1.807, 2.05) is 73.6 Å². The molecule has 1 aliphatic heterocycles. The number of rotatable bonds is 23. The zero-order valence-electron chi connectivity index (χ0n) is 43.5. The number of hydrogen-bond donors (Lipinski definition) is 2. The minimum atomic E-state index is -1.55. The van der Waals surface area contributed by atoms with Crippen molar-refractivity contribution >= 4 is 47.7 Å². The van der Waals surface area contributed by atoms with Gasteiger partial charge in [0.15, 0.2) is 11.8 Å². The van der Waals surface area contributed by atoms with Gasteiger partial charge in [-0.05, 0) is 89.9 Å². The Balaban J connectivity index is -0.000000120. The van der Waals surface area contributed by atoms with Crippen LogP contribution in [0.25, 0.3) is 0 Å². The predicted molar refractivity (Wildman–Crippen MR) is 246 cm³/mol. The van der Waals surface area contributed by atoms with Gasteiger partial charge in [0.25, 0.3) is 0 Å². The molecule has 1 amide bonds. The Hall–Kier alpha value is -3.54. The topological polar surface area (TPSA) is 309 Å². The van der Waals surface area contributed by atoms with Crippen molar-refractivity contribution in [2.75, 3.05) is 39.6 Å². The third-order valence-electron chi connectivity index (χ3n) is 9.17. The minimum Gasteiger partial charge on any atom is -1.00 e. The molecular weight excluding hydrogens is 919 g/mol. The first-order chi connectivity index (χ1) is 30.4. The number of hydrogen-bond acceptors (Lipinski definition) is 17. The minimum absolute atomic E-state index is 0. The van der Waals surface area contributed by atoms with Gasteiger partial charge in [-0.1, -0.05) is 70.2 Å². The molecule has 386 valence electrons. The average molecular weight is 1000 g/mol. The summed E-state index contributed by atoms with van der Waals surface area (Å²) in [6, 6.07) is 5.85. The molecule has 0 spiro atoms. The molecule has 0 aromatic rings. The van der Waals surface area contributed by atoms with Crippen LogP contribution in [0, 0.1) is 105 Å². The Bertz CT molecular complexity index is 1550. The smallest absolute Gasteiger partial charge is 1.00 e. The van der Waals surface area contributed by atoms with Gasteiger partial charge in [-0.2, -0.15) is 15.8 Å². The normalized spacial score (nSPS) is 14.8. The van der Waals surface area contributed by atoms with Crippen LogP contribution >= 0.6 is 0 Å². The van der Waals surface area contributed by atoms with E-state index in [2.05, 4.69) is 10.1 Å². The molecule has 1 saturated heterocycles. The second-order valence-electron chi connectivity index (χ2n) is 16.6. The number of carboxylic acid groups (broad SMARTS) is 2. The molecule has 0 aliphatic carbocycles. The van der Waals surface area contributed by atoms with Gasteiger partial charge in [0, 0.05) is 6.54 Å². The molecule has 6 atom stereocenters. The van der Waals surface area contributed by atoms with Crippen LogP contribution in [0.4, 0.5) is 0 Å². The summed E-state index contributed by atoms with van der Waals surface area (Å²) in [5.41, 5.74) is 0. The molecule has 0 radical (unpaired) electrons. The van der Waals surface area contributed by atoms with Crippen molar-refractivity contribution < 1.29 is 144 Å². The second-order valence-corrected chi connectivity index (χ2v) is 16.6. The van der Waals surface area contributed by atoms with Crippen molar-refractivity contribution in [2.45, 2.75) is 131 Å². The van der Waals surface area contributed by atoms with Crippen LogP contribution in [0.1, 0.15) is 132 Å². The number of aliphatic carboxylic acids is 2. The van der Waals surface area contributed by atoms with Crippen molar-refractivity contribution in [3.8, 4) is 18.2 Å². The Morgan fingerprint density at radius 2 is 0.855 bits per heavy atom. The van der Waals surface area contributed by atoms with Crippen molar-refractivity contribution in [1.29, 1.82) is 15.8 Å². The molecule has 1 aliphatic rings. The van der Waals surface area contributed by atoms with E-state index in [4.69, 9.17) is 39.8 Å². The molecule has 0 aromatic heterocycles. The van der Waals surface area contributed by atoms with Crippen LogP contribution in [-0.4, -0.2) is 92.4 Å². The number of carboxylic acids is 2. The van der Waals surface area contributed by atoms with Gasteiger partial charge in [0.2, 0.25) is 5.91 Å². The van der Waals surface area contributed by atoms with Crippen LogP contribution < -0.4 is 80.7 Å². The number of nitriles is 3. The van der Waals surface area contributed by atoms with E-state index < -0.39 is 83.2 Å². The molecule has 21 heteroatoms. The Kier molecular flexibility index (Phi) is 52.6. The van der Waals surface area contributed by atoms with Crippen LogP contribution in [0.5, 0.6) is 0 Å². The molecule has 19 nitrogen and oxygen atoms in total. The largest absolute Gasteiger partial charge is 1.00 e. The van der Waals surface area contributed by atoms with Crippen molar-refractivity contribution in [2.24, 2.45) is 71.0 Å². The van der Waals surface area contributed by atoms with E-state index >= 15 is 0 Å². The molecule has 0 bridgehead atoms. The van der Waals surface area contributed by atoms with E-state index in [-0.39, 0.29) is 149 Å². The molecular formula is C48H82KLiN4O15. The molecule has 1 fully saturated rings. The fourth-order valence-corrected chi connectivity index (χ4v) is 6.56. The molecule has 0 saturated carbocycles. The second kappa shape index (κ2) is 45.6. The van der Waals surface area contributed by atoms with Crippen molar-refractivity contribution in [3.05, 3.63) is 0 Å². The number of ether oxygens (including phenoxy) is 5. The summed E-state index contributed by atoms with van der Waals surface area (Å²) in [6.45, 7) is 25.0. The third-order valence-corrected chi connectivity index (χ3v) is 9.17. The van der Waals surface area contributed by atoms with Gasteiger partial charge in [0.1, 0.15) is 11.8 Å². The number of nitrogens with zero attached hydrogens (tertiary/aromatic N) is 3. The maximum atomic E-state index is 11.8. The van der Waals surface area contributed by atoms with Gasteiger partial charge in [-0.15, -0.1) is 0 Å². The predicted octanol–water partition coefficient (Wildman–Crippen LogP) is -0.197. The van der Waals surface area contributed by atoms with Crippen LogP contribution in [-0.2, 0) is 62.0 Å². The zero-order valence-corrected chi connectivity index (χ0v) is 45.6. The summed E-state index contributed by atoms with van der Waals surface area (Å²) >= 11 is 0. The molecule has 0 aromatic carbocycles. The maximum Gasteiger partial charge on any atom is 1.00 e. The summed E-state index contributed by atoms with van der Waals surface area (Å²) in [4.78, 5) is 91.1. The standard InChI is InChI=1S/2C13H21NO4.C11H17NO4.C9H15NO3.2CH4.K.Li.H/c2*1-5-17-12(15)11(13(16)18-6-2)10(8-14)7-9(3)4;1-4-16-11(15)9(10(13)14)8(6-12)5-7(2)3;1-5(2)3-6-4-10-8(11)7(6)9(12)13;;;;;/h2*9-11H,5-7H2,1-4H3;7-9H,4-5H2,1-3H3,(H,13,14);5-7H,3-4H2,1-2H3,(H,10,11)(H,12,13);2*1H4;;;/q;;;;;;2*+1;-1/p-1/t10-;;8-,9?;6-,7?;;;;;/m0.11...../s1. The molecule has 3 unspecified atom stereocenters. The van der Waals surface area contributed by atoms with E-state index in [1.54, 1.807) is 34.6 Å². The Labute approximate surface area is 468 Å². The third kappa shape index (κ3) is 33.6. The van der Waals surface area contributed by atoms with Gasteiger partial charge in [-0.3, -0.25) is 33.6 Å². The maximum absolute atomic E-state index is 11.8. The van der Waals surface area contributed by atoms with E-state index in [1.165, 1.54) is 0 Å². The summed E-state index contributed by atoms with van der Waals surface area (Å²) in [5, 5.41) is 49.3. The van der Waals surface area contributed by atoms with Gasteiger partial charge < -0.3 is 45.4 Å². The van der Waals surface area contributed by atoms with E-state index in [0.29, 0.717) is 31.7 Å². The van der Waals surface area contributed by atoms with Gasteiger partial charge in [-0.25, -0.2) is 0 Å². The van der Waals surface area contributed by atoms with Gasteiger partial charge in [0.05, 0.1) is 75.0 Å². The summed E-state index contributed by atoms with van der Waals surface area (Å²) in [5.74, 6) is -12.5. The Morgan fingerprint density at radius 1 is 0.594 bits per heavy atom. The number of nitrogens with one attached hydrogen (secondary N) is 1. The molecule has 2 N–H and O–H groups in total. The number of amides is 1. The first-order valence-electron chi connectivity index (χ1n) is 22.1. The van der Waals surface area contributed by atoms with Crippen LogP contribution in [0.2, 0.25) is 0 Å². The quantitative estimate of drug-likeness (QED) is 0.0580. The number of esters is 5. The first-order valence-corrected chi connectivity index (χ1v) is 22.1. The van der Waals surface area contributed by atoms with E-state index in [9.17, 15) is 43.5 Å². The molecule has 1 rings (SSSR count). The zero-order chi connectivity index (χ0) is 51.0. The Morgan fingerprint density at radius 3 is 1.06 bits per heavy atom. The van der Waals surface area contributed by atoms with E-state index in [0.717, 1.165) is 6.42 Å². The molecule has 69 heavy (non-hydrogen) atoms. The van der Waals surface area contributed by atoms with Crippen molar-refractivity contribution in [3.63, 3.8) is 0 Å².